The molecule has 0 amide bonds. The highest BCUT2D eigenvalue weighted by atomic mass is 16.5. The van der Waals surface area contributed by atoms with Crippen molar-refractivity contribution < 1.29 is 14.3 Å². The molecule has 0 saturated carbocycles. The molecule has 0 spiro atoms. The first-order valence-corrected chi connectivity index (χ1v) is 8.35. The molecule has 25 heavy (non-hydrogen) atoms. The van der Waals surface area contributed by atoms with Gasteiger partial charge in [0.2, 0.25) is 0 Å². The second kappa shape index (κ2) is 8.83. The molecule has 0 aliphatic heterocycles. The van der Waals surface area contributed by atoms with Gasteiger partial charge < -0.3 is 10.1 Å². The number of carbonyl (C=O) groups excluding carboxylic acids is 2. The summed E-state index contributed by atoms with van der Waals surface area (Å²) < 4.78 is 4.93. The number of nitrogens with one attached hydrogen (secondary N) is 1. The number of hydrogen-bond donors (Lipinski definition) is 1. The molecule has 4 nitrogen and oxygen atoms in total. The van der Waals surface area contributed by atoms with Gasteiger partial charge in [0.25, 0.3) is 0 Å². The Morgan fingerprint density at radius 1 is 1.00 bits per heavy atom. The fraction of sp³-hybridized carbons (Fsp3) is 0.238. The van der Waals surface area contributed by atoms with Crippen LogP contribution in [-0.2, 0) is 4.74 Å². The number of ether oxygens (including phenoxy) is 1. The number of esters is 1. The molecule has 1 N–H and O–H groups in total. The Bertz CT molecular complexity index is 744. The summed E-state index contributed by atoms with van der Waals surface area (Å²) in [6.07, 6.45) is 3.09. The number of ketones is 1. The van der Waals surface area contributed by atoms with E-state index in [0.29, 0.717) is 23.7 Å². The summed E-state index contributed by atoms with van der Waals surface area (Å²) in [5.74, 6) is 0.0366. The Hall–Kier alpha value is -2.88. The van der Waals surface area contributed by atoms with Crippen LogP contribution in [-0.4, -0.2) is 18.4 Å². The summed E-state index contributed by atoms with van der Waals surface area (Å²) in [5, 5.41) is 3.02. The second-order valence-corrected chi connectivity index (χ2v) is 5.92. The van der Waals surface area contributed by atoms with Crippen molar-refractivity contribution in [1.29, 1.82) is 0 Å². The first-order valence-electron chi connectivity index (χ1n) is 8.35. The summed E-state index contributed by atoms with van der Waals surface area (Å²) in [4.78, 5) is 23.7. The van der Waals surface area contributed by atoms with E-state index in [1.54, 1.807) is 37.4 Å². The highest BCUT2D eigenvalue weighted by Gasteiger charge is 2.05. The maximum absolute atomic E-state index is 12.1. The van der Waals surface area contributed by atoms with E-state index in [4.69, 9.17) is 4.74 Å². The van der Waals surface area contributed by atoms with Crippen LogP contribution in [0.3, 0.4) is 0 Å². The summed E-state index contributed by atoms with van der Waals surface area (Å²) >= 11 is 0. The molecule has 0 unspecified atom stereocenters. The first-order chi connectivity index (χ1) is 12.0. The predicted molar refractivity (Wildman–Crippen MR) is 100 cm³/mol. The summed E-state index contributed by atoms with van der Waals surface area (Å²) in [5.41, 5.74) is 3.14. The molecular weight excluding hydrogens is 314 g/mol. The van der Waals surface area contributed by atoms with Crippen molar-refractivity contribution in [2.75, 3.05) is 11.9 Å². The summed E-state index contributed by atoms with van der Waals surface area (Å²) in [6, 6.07) is 14.5. The van der Waals surface area contributed by atoms with Gasteiger partial charge in [-0.2, -0.15) is 0 Å². The Balaban J connectivity index is 1.93. The molecule has 0 atom stereocenters. The molecule has 0 radical (unpaired) electrons. The monoisotopic (exact) mass is 337 g/mol. The standard InChI is InChI=1S/C21H23NO3/c1-4-25-21(24)18-9-11-19(12-10-18)22-14-13-20(23)17-7-5-16(6-8-17)15(2)3/h5-15,22H,4H2,1-3H3. The molecule has 4 heteroatoms. The average Bonchev–Trinajstić information content (AvgIpc) is 2.62. The highest BCUT2D eigenvalue weighted by molar-refractivity contribution is 6.04. The fourth-order valence-electron chi connectivity index (χ4n) is 2.26. The van der Waals surface area contributed by atoms with Crippen molar-refractivity contribution in [2.24, 2.45) is 0 Å². The minimum absolute atomic E-state index is 0.0639. The van der Waals surface area contributed by atoms with E-state index in [-0.39, 0.29) is 11.8 Å². The van der Waals surface area contributed by atoms with Crippen LogP contribution in [0.4, 0.5) is 5.69 Å². The maximum Gasteiger partial charge on any atom is 0.338 e. The minimum atomic E-state index is -0.343. The lowest BCUT2D eigenvalue weighted by Crippen LogP contribution is -2.04. The molecule has 2 aromatic rings. The van der Waals surface area contributed by atoms with Crippen LogP contribution in [0.25, 0.3) is 0 Å². The zero-order valence-corrected chi connectivity index (χ0v) is 14.8. The third-order valence-corrected chi connectivity index (χ3v) is 3.74. The van der Waals surface area contributed by atoms with Crippen LogP contribution in [0, 0.1) is 0 Å². The lowest BCUT2D eigenvalue weighted by atomic mass is 10.0. The van der Waals surface area contributed by atoms with E-state index in [0.717, 1.165) is 5.69 Å². The van der Waals surface area contributed by atoms with E-state index in [2.05, 4.69) is 19.2 Å². The second-order valence-electron chi connectivity index (χ2n) is 5.92. The molecule has 2 aromatic carbocycles. The zero-order valence-electron chi connectivity index (χ0n) is 14.8. The number of carbonyl (C=O) groups is 2. The van der Waals surface area contributed by atoms with Crippen molar-refractivity contribution in [3.05, 3.63) is 77.5 Å². The van der Waals surface area contributed by atoms with E-state index >= 15 is 0 Å². The number of hydrogen-bond acceptors (Lipinski definition) is 4. The van der Waals surface area contributed by atoms with E-state index < -0.39 is 0 Å². The smallest absolute Gasteiger partial charge is 0.338 e. The van der Waals surface area contributed by atoms with Gasteiger partial charge >= 0.3 is 5.97 Å². The molecule has 0 aliphatic rings. The molecule has 0 aliphatic carbocycles. The van der Waals surface area contributed by atoms with Gasteiger partial charge in [0.05, 0.1) is 12.2 Å². The van der Waals surface area contributed by atoms with Gasteiger partial charge in [0.15, 0.2) is 5.78 Å². The van der Waals surface area contributed by atoms with Gasteiger partial charge in [-0.05, 0) is 42.7 Å². The van der Waals surface area contributed by atoms with Crippen molar-refractivity contribution in [1.82, 2.24) is 0 Å². The van der Waals surface area contributed by atoms with Crippen molar-refractivity contribution in [3.63, 3.8) is 0 Å². The van der Waals surface area contributed by atoms with Gasteiger partial charge in [-0.15, -0.1) is 0 Å². The number of allylic oxidation sites excluding steroid dienone is 1. The Morgan fingerprint density at radius 2 is 1.60 bits per heavy atom. The Kier molecular flexibility index (Phi) is 6.52. The van der Waals surface area contributed by atoms with Crippen molar-refractivity contribution in [3.8, 4) is 0 Å². The molecule has 0 fully saturated rings. The molecule has 130 valence electrons. The van der Waals surface area contributed by atoms with Crippen LogP contribution in [0.1, 0.15) is 53.0 Å². The molecule has 0 bridgehead atoms. The zero-order chi connectivity index (χ0) is 18.2. The minimum Gasteiger partial charge on any atom is -0.462 e. The van der Waals surface area contributed by atoms with Crippen molar-refractivity contribution >= 4 is 17.4 Å². The molecule has 0 saturated heterocycles. The van der Waals surface area contributed by atoms with Gasteiger partial charge in [-0.3, -0.25) is 4.79 Å². The van der Waals surface area contributed by atoms with Gasteiger partial charge in [-0.1, -0.05) is 38.1 Å². The first kappa shape index (κ1) is 18.5. The predicted octanol–water partition coefficient (Wildman–Crippen LogP) is 4.80. The third-order valence-electron chi connectivity index (χ3n) is 3.74. The van der Waals surface area contributed by atoms with E-state index in [1.165, 1.54) is 11.6 Å². The molecule has 0 aromatic heterocycles. The SMILES string of the molecule is CCOC(=O)c1ccc(NC=CC(=O)c2ccc(C(C)C)cc2)cc1. The number of anilines is 1. The van der Waals surface area contributed by atoms with Crippen LogP contribution in [0.15, 0.2) is 60.8 Å². The van der Waals surface area contributed by atoms with Crippen LogP contribution in [0.2, 0.25) is 0 Å². The van der Waals surface area contributed by atoms with Gasteiger partial charge in [0.1, 0.15) is 0 Å². The average molecular weight is 337 g/mol. The normalized spacial score (nSPS) is 10.9. The van der Waals surface area contributed by atoms with Gasteiger partial charge in [-0.25, -0.2) is 4.79 Å². The largest absolute Gasteiger partial charge is 0.462 e. The Morgan fingerprint density at radius 3 is 2.16 bits per heavy atom. The van der Waals surface area contributed by atoms with E-state index in [9.17, 15) is 9.59 Å². The molecule has 2 rings (SSSR count). The summed E-state index contributed by atoms with van der Waals surface area (Å²) in [6.45, 7) is 6.36. The lowest BCUT2D eigenvalue weighted by Gasteiger charge is -2.05. The fourth-order valence-corrected chi connectivity index (χ4v) is 2.26. The molecule has 0 heterocycles. The lowest BCUT2D eigenvalue weighted by molar-refractivity contribution is 0.0526. The highest BCUT2D eigenvalue weighted by Crippen LogP contribution is 2.15. The topological polar surface area (TPSA) is 55.4 Å². The maximum atomic E-state index is 12.1. The van der Waals surface area contributed by atoms with Crippen molar-refractivity contribution in [2.45, 2.75) is 26.7 Å². The number of rotatable bonds is 7. The Labute approximate surface area is 148 Å². The number of benzene rings is 2. The third kappa shape index (κ3) is 5.31. The molecular formula is C21H23NO3. The van der Waals surface area contributed by atoms with Crippen LogP contribution >= 0.6 is 0 Å². The quantitative estimate of drug-likeness (QED) is 0.448. The van der Waals surface area contributed by atoms with E-state index in [1.807, 2.05) is 24.3 Å². The van der Waals surface area contributed by atoms with Crippen LogP contribution in [0.5, 0.6) is 0 Å². The van der Waals surface area contributed by atoms with Gasteiger partial charge in [0, 0.05) is 23.5 Å². The van der Waals surface area contributed by atoms with Crippen LogP contribution < -0.4 is 5.32 Å². The summed E-state index contributed by atoms with van der Waals surface area (Å²) in [7, 11) is 0.